The molecule has 0 bridgehead atoms. The van der Waals surface area contributed by atoms with Crippen LogP contribution in [0.5, 0.6) is 0 Å². The summed E-state index contributed by atoms with van der Waals surface area (Å²) < 4.78 is 13.7. The van der Waals surface area contributed by atoms with E-state index in [2.05, 4.69) is 16.0 Å². The smallest absolute Gasteiger partial charge is 0.255 e. The highest BCUT2D eigenvalue weighted by atomic mass is 19.1. The van der Waals surface area contributed by atoms with E-state index in [0.29, 0.717) is 16.9 Å². The van der Waals surface area contributed by atoms with Gasteiger partial charge in [0.25, 0.3) is 5.91 Å². The third kappa shape index (κ3) is 5.64. The number of benzene rings is 2. The largest absolute Gasteiger partial charge is 0.326 e. The molecule has 0 atom stereocenters. The normalized spacial score (nSPS) is 10.9. The lowest BCUT2D eigenvalue weighted by Gasteiger charge is -2.18. The standard InChI is InChI=1S/C20H22FN3O3/c1-12(25)22-17-11-15(8-9-16(17)21)23-18(26)13-6-5-7-14(10-13)24-19(27)20(2,3)4/h5-11H,1-4H3,(H,22,25)(H,23,26)(H,24,27). The van der Waals surface area contributed by atoms with Crippen molar-refractivity contribution in [3.8, 4) is 0 Å². The summed E-state index contributed by atoms with van der Waals surface area (Å²) in [5, 5.41) is 7.76. The van der Waals surface area contributed by atoms with Crippen LogP contribution in [0.4, 0.5) is 21.5 Å². The fraction of sp³-hybridized carbons (Fsp3) is 0.250. The van der Waals surface area contributed by atoms with Crippen molar-refractivity contribution in [3.63, 3.8) is 0 Å². The number of carbonyl (C=O) groups is 3. The van der Waals surface area contributed by atoms with Gasteiger partial charge in [-0.05, 0) is 36.4 Å². The Hall–Kier alpha value is -3.22. The van der Waals surface area contributed by atoms with Crippen molar-refractivity contribution in [2.75, 3.05) is 16.0 Å². The summed E-state index contributed by atoms with van der Waals surface area (Å²) in [5.74, 6) is -1.62. The van der Waals surface area contributed by atoms with Gasteiger partial charge in [-0.3, -0.25) is 14.4 Å². The molecule has 0 radical (unpaired) electrons. The summed E-state index contributed by atoms with van der Waals surface area (Å²) in [4.78, 5) is 35.7. The molecule has 0 aliphatic carbocycles. The highest BCUT2D eigenvalue weighted by Gasteiger charge is 2.21. The first-order valence-electron chi connectivity index (χ1n) is 8.36. The fourth-order valence-corrected chi connectivity index (χ4v) is 2.15. The van der Waals surface area contributed by atoms with Gasteiger partial charge in [-0.15, -0.1) is 0 Å². The number of amides is 3. The number of anilines is 3. The molecule has 3 amide bonds. The van der Waals surface area contributed by atoms with Gasteiger partial charge < -0.3 is 16.0 Å². The van der Waals surface area contributed by atoms with E-state index in [1.165, 1.54) is 19.1 Å². The molecule has 0 heterocycles. The monoisotopic (exact) mass is 371 g/mol. The lowest BCUT2D eigenvalue weighted by atomic mass is 9.95. The van der Waals surface area contributed by atoms with E-state index >= 15 is 0 Å². The second-order valence-corrected chi connectivity index (χ2v) is 7.11. The molecule has 0 saturated carbocycles. The van der Waals surface area contributed by atoms with Crippen LogP contribution in [0.15, 0.2) is 42.5 Å². The zero-order valence-corrected chi connectivity index (χ0v) is 15.6. The lowest BCUT2D eigenvalue weighted by molar-refractivity contribution is -0.123. The van der Waals surface area contributed by atoms with E-state index in [9.17, 15) is 18.8 Å². The van der Waals surface area contributed by atoms with Crippen LogP contribution >= 0.6 is 0 Å². The Balaban J connectivity index is 2.16. The number of carbonyl (C=O) groups excluding carboxylic acids is 3. The number of rotatable bonds is 4. The molecule has 2 aromatic rings. The first-order valence-corrected chi connectivity index (χ1v) is 8.36. The summed E-state index contributed by atoms with van der Waals surface area (Å²) >= 11 is 0. The van der Waals surface area contributed by atoms with Crippen LogP contribution in [0, 0.1) is 11.2 Å². The Morgan fingerprint density at radius 2 is 1.56 bits per heavy atom. The first kappa shape index (κ1) is 20.1. The van der Waals surface area contributed by atoms with Crippen LogP contribution in [0.25, 0.3) is 0 Å². The average Bonchev–Trinajstić information content (AvgIpc) is 2.57. The molecule has 27 heavy (non-hydrogen) atoms. The van der Waals surface area contributed by atoms with E-state index in [-0.39, 0.29) is 11.6 Å². The molecule has 0 unspecified atom stereocenters. The molecule has 3 N–H and O–H groups in total. The van der Waals surface area contributed by atoms with Crippen molar-refractivity contribution in [3.05, 3.63) is 53.8 Å². The summed E-state index contributed by atoms with van der Waals surface area (Å²) in [6, 6.07) is 10.4. The third-order valence-corrected chi connectivity index (χ3v) is 3.60. The quantitative estimate of drug-likeness (QED) is 0.758. The van der Waals surface area contributed by atoms with Gasteiger partial charge in [0.05, 0.1) is 5.69 Å². The zero-order chi connectivity index (χ0) is 20.2. The molecule has 142 valence electrons. The van der Waals surface area contributed by atoms with Crippen LogP contribution in [0.3, 0.4) is 0 Å². The minimum Gasteiger partial charge on any atom is -0.326 e. The summed E-state index contributed by atoms with van der Waals surface area (Å²) in [6.07, 6.45) is 0. The molecule has 6 nitrogen and oxygen atoms in total. The van der Waals surface area contributed by atoms with E-state index in [1.807, 2.05) is 0 Å². The van der Waals surface area contributed by atoms with Gasteiger partial charge in [0.2, 0.25) is 11.8 Å². The van der Waals surface area contributed by atoms with Crippen LogP contribution in [0.1, 0.15) is 38.1 Å². The van der Waals surface area contributed by atoms with E-state index in [0.717, 1.165) is 6.07 Å². The van der Waals surface area contributed by atoms with E-state index < -0.39 is 23.0 Å². The Morgan fingerprint density at radius 3 is 2.19 bits per heavy atom. The lowest BCUT2D eigenvalue weighted by Crippen LogP contribution is -2.27. The molecule has 0 saturated heterocycles. The van der Waals surface area contributed by atoms with Crippen LogP contribution in [-0.4, -0.2) is 17.7 Å². The Kier molecular flexibility index (Phi) is 5.95. The maximum Gasteiger partial charge on any atom is 0.255 e. The molecule has 2 rings (SSSR count). The van der Waals surface area contributed by atoms with Gasteiger partial charge in [-0.1, -0.05) is 26.8 Å². The van der Waals surface area contributed by atoms with Gasteiger partial charge >= 0.3 is 0 Å². The van der Waals surface area contributed by atoms with Crippen molar-refractivity contribution < 1.29 is 18.8 Å². The van der Waals surface area contributed by atoms with Crippen molar-refractivity contribution in [1.82, 2.24) is 0 Å². The maximum atomic E-state index is 13.7. The molecule has 2 aromatic carbocycles. The topological polar surface area (TPSA) is 87.3 Å². The number of hydrogen-bond acceptors (Lipinski definition) is 3. The maximum absolute atomic E-state index is 13.7. The number of hydrogen-bond donors (Lipinski definition) is 3. The molecule has 0 aliphatic rings. The Labute approximate surface area is 157 Å². The number of nitrogens with one attached hydrogen (secondary N) is 3. The van der Waals surface area contributed by atoms with Gasteiger partial charge in [0, 0.05) is 29.3 Å². The second-order valence-electron chi connectivity index (χ2n) is 7.11. The third-order valence-electron chi connectivity index (χ3n) is 3.60. The molecule has 0 spiro atoms. The van der Waals surface area contributed by atoms with Crippen LogP contribution in [-0.2, 0) is 9.59 Å². The predicted octanol–water partition coefficient (Wildman–Crippen LogP) is 4.02. The van der Waals surface area contributed by atoms with Crippen molar-refractivity contribution in [1.29, 1.82) is 0 Å². The van der Waals surface area contributed by atoms with Gasteiger partial charge in [-0.25, -0.2) is 4.39 Å². The molecule has 0 fully saturated rings. The van der Waals surface area contributed by atoms with Crippen molar-refractivity contribution >= 4 is 34.8 Å². The molecule has 0 aromatic heterocycles. The SMILES string of the molecule is CC(=O)Nc1cc(NC(=O)c2cccc(NC(=O)C(C)(C)C)c2)ccc1F. The first-order chi connectivity index (χ1) is 12.6. The summed E-state index contributed by atoms with van der Waals surface area (Å²) in [7, 11) is 0. The van der Waals surface area contributed by atoms with E-state index in [1.54, 1.807) is 45.0 Å². The molecule has 7 heteroatoms. The highest BCUT2D eigenvalue weighted by molar-refractivity contribution is 6.06. The van der Waals surface area contributed by atoms with Gasteiger partial charge in [0.1, 0.15) is 5.82 Å². The Morgan fingerprint density at radius 1 is 0.889 bits per heavy atom. The predicted molar refractivity (Wildman–Crippen MR) is 103 cm³/mol. The molecular weight excluding hydrogens is 349 g/mol. The average molecular weight is 371 g/mol. The van der Waals surface area contributed by atoms with Gasteiger partial charge in [-0.2, -0.15) is 0 Å². The number of halogens is 1. The van der Waals surface area contributed by atoms with Crippen molar-refractivity contribution in [2.24, 2.45) is 5.41 Å². The van der Waals surface area contributed by atoms with Gasteiger partial charge in [0.15, 0.2) is 0 Å². The second kappa shape index (κ2) is 7.99. The molecule has 0 aliphatic heterocycles. The summed E-state index contributed by atoms with van der Waals surface area (Å²) in [6.45, 7) is 6.64. The van der Waals surface area contributed by atoms with Crippen molar-refractivity contribution in [2.45, 2.75) is 27.7 Å². The Bertz CT molecular complexity index is 888. The van der Waals surface area contributed by atoms with Crippen LogP contribution < -0.4 is 16.0 Å². The molecular formula is C20H22FN3O3. The highest BCUT2D eigenvalue weighted by Crippen LogP contribution is 2.21. The fourth-order valence-electron chi connectivity index (χ4n) is 2.15. The minimum absolute atomic E-state index is 0.0218. The van der Waals surface area contributed by atoms with Crippen LogP contribution in [0.2, 0.25) is 0 Å². The zero-order valence-electron chi connectivity index (χ0n) is 15.6. The van der Waals surface area contributed by atoms with E-state index in [4.69, 9.17) is 0 Å². The summed E-state index contributed by atoms with van der Waals surface area (Å²) in [5.41, 5.74) is 0.570. The minimum atomic E-state index is -0.602.